The quantitative estimate of drug-likeness (QED) is 0.630. The van der Waals surface area contributed by atoms with Crippen molar-refractivity contribution in [1.29, 1.82) is 0 Å². The lowest BCUT2D eigenvalue weighted by atomic mass is 9.99. The van der Waals surface area contributed by atoms with Gasteiger partial charge in [0.15, 0.2) is 0 Å². The molecule has 1 amide bonds. The first-order chi connectivity index (χ1) is 8.88. The van der Waals surface area contributed by atoms with Gasteiger partial charge in [-0.25, -0.2) is 0 Å². The van der Waals surface area contributed by atoms with Crippen molar-refractivity contribution in [2.45, 2.75) is 33.2 Å². The number of benzene rings is 1. The number of nitro benzene ring substituents is 1. The van der Waals surface area contributed by atoms with Crippen LogP contribution in [-0.4, -0.2) is 16.9 Å². The number of amides is 1. The summed E-state index contributed by atoms with van der Waals surface area (Å²) in [4.78, 5) is 22.3. The van der Waals surface area contributed by atoms with E-state index in [1.807, 2.05) is 13.8 Å². The topological polar surface area (TPSA) is 98.3 Å². The van der Waals surface area contributed by atoms with Gasteiger partial charge in [0.05, 0.1) is 22.2 Å². The van der Waals surface area contributed by atoms with Gasteiger partial charge in [0.1, 0.15) is 0 Å². The molecule has 6 heteroatoms. The van der Waals surface area contributed by atoms with Gasteiger partial charge in [-0.2, -0.15) is 0 Å². The first-order valence-electron chi connectivity index (χ1n) is 6.18. The maximum atomic E-state index is 11.9. The monoisotopic (exact) mass is 265 g/mol. The largest absolute Gasteiger partial charge is 0.324 e. The molecule has 0 aliphatic heterocycles. The fourth-order valence-electron chi connectivity index (χ4n) is 1.69. The molecular formula is C13H19N3O3. The fourth-order valence-corrected chi connectivity index (χ4v) is 1.69. The second-order valence-corrected chi connectivity index (χ2v) is 4.61. The van der Waals surface area contributed by atoms with E-state index in [4.69, 9.17) is 5.73 Å². The second-order valence-electron chi connectivity index (χ2n) is 4.61. The van der Waals surface area contributed by atoms with Crippen LogP contribution in [0.5, 0.6) is 0 Å². The van der Waals surface area contributed by atoms with Crippen molar-refractivity contribution in [3.63, 3.8) is 0 Å². The molecule has 0 aliphatic carbocycles. The number of nitrogens with two attached hydrogens (primary N) is 1. The number of nitrogens with one attached hydrogen (secondary N) is 1. The van der Waals surface area contributed by atoms with E-state index in [9.17, 15) is 14.9 Å². The third-order valence-corrected chi connectivity index (χ3v) is 3.32. The van der Waals surface area contributed by atoms with E-state index >= 15 is 0 Å². The third kappa shape index (κ3) is 3.51. The molecule has 1 aromatic rings. The lowest BCUT2D eigenvalue weighted by Gasteiger charge is -2.18. The lowest BCUT2D eigenvalue weighted by molar-refractivity contribution is -0.385. The molecule has 2 atom stereocenters. The van der Waals surface area contributed by atoms with Crippen LogP contribution < -0.4 is 11.1 Å². The van der Waals surface area contributed by atoms with Crippen LogP contribution in [0.15, 0.2) is 18.2 Å². The van der Waals surface area contributed by atoms with Crippen LogP contribution >= 0.6 is 0 Å². The number of hydrogen-bond donors (Lipinski definition) is 2. The van der Waals surface area contributed by atoms with Gasteiger partial charge >= 0.3 is 0 Å². The van der Waals surface area contributed by atoms with Gasteiger partial charge in [-0.15, -0.1) is 0 Å². The first kappa shape index (κ1) is 15.1. The van der Waals surface area contributed by atoms with E-state index in [1.54, 1.807) is 13.0 Å². The summed E-state index contributed by atoms with van der Waals surface area (Å²) >= 11 is 0. The van der Waals surface area contributed by atoms with Crippen molar-refractivity contribution in [1.82, 2.24) is 0 Å². The molecule has 2 unspecified atom stereocenters. The average molecular weight is 265 g/mol. The SMILES string of the molecule is CCC(C)C(N)C(=O)Nc1cccc([N+](=O)[O-])c1C. The standard InChI is InChI=1S/C13H19N3O3/c1-4-8(2)12(14)13(17)15-10-6-5-7-11(9(10)3)16(18)19/h5-8,12H,4,14H2,1-3H3,(H,15,17). The van der Waals surface area contributed by atoms with Crippen LogP contribution in [0.4, 0.5) is 11.4 Å². The van der Waals surface area contributed by atoms with Crippen LogP contribution in [0.3, 0.4) is 0 Å². The highest BCUT2D eigenvalue weighted by molar-refractivity contribution is 5.95. The van der Waals surface area contributed by atoms with Crippen molar-refractivity contribution >= 4 is 17.3 Å². The number of hydrogen-bond acceptors (Lipinski definition) is 4. The Kier molecular flexibility index (Phi) is 5.00. The average Bonchev–Trinajstić information content (AvgIpc) is 2.38. The predicted octanol–water partition coefficient (Wildman–Crippen LogP) is 2.22. The lowest BCUT2D eigenvalue weighted by Crippen LogP contribution is -2.40. The van der Waals surface area contributed by atoms with Gasteiger partial charge in [-0.05, 0) is 18.9 Å². The van der Waals surface area contributed by atoms with Crippen molar-refractivity contribution in [3.8, 4) is 0 Å². The van der Waals surface area contributed by atoms with Gasteiger partial charge < -0.3 is 11.1 Å². The van der Waals surface area contributed by atoms with Crippen LogP contribution in [0, 0.1) is 23.0 Å². The Morgan fingerprint density at radius 3 is 2.68 bits per heavy atom. The Labute approximate surface area is 112 Å². The van der Waals surface area contributed by atoms with Crippen LogP contribution in [-0.2, 0) is 4.79 Å². The minimum absolute atomic E-state index is 0.0186. The van der Waals surface area contributed by atoms with Crippen molar-refractivity contribution in [2.75, 3.05) is 5.32 Å². The molecule has 19 heavy (non-hydrogen) atoms. The van der Waals surface area contributed by atoms with Crippen molar-refractivity contribution in [3.05, 3.63) is 33.9 Å². The molecule has 104 valence electrons. The van der Waals surface area contributed by atoms with Gasteiger partial charge in [-0.3, -0.25) is 14.9 Å². The number of carbonyl (C=O) groups is 1. The van der Waals surface area contributed by atoms with Gasteiger partial charge in [0.2, 0.25) is 5.91 Å². The van der Waals surface area contributed by atoms with E-state index < -0.39 is 11.0 Å². The molecule has 0 fully saturated rings. The molecular weight excluding hydrogens is 246 g/mol. The highest BCUT2D eigenvalue weighted by atomic mass is 16.6. The second kappa shape index (κ2) is 6.29. The van der Waals surface area contributed by atoms with Crippen LogP contribution in [0.2, 0.25) is 0 Å². The normalized spacial score (nSPS) is 13.7. The van der Waals surface area contributed by atoms with E-state index in [-0.39, 0.29) is 17.5 Å². The highest BCUT2D eigenvalue weighted by Crippen LogP contribution is 2.25. The van der Waals surface area contributed by atoms with Crippen molar-refractivity contribution < 1.29 is 9.72 Å². The Morgan fingerprint density at radius 2 is 2.16 bits per heavy atom. The van der Waals surface area contributed by atoms with E-state index in [2.05, 4.69) is 5.32 Å². The Hall–Kier alpha value is -1.95. The van der Waals surface area contributed by atoms with E-state index in [0.29, 0.717) is 11.3 Å². The van der Waals surface area contributed by atoms with Gasteiger partial charge in [-0.1, -0.05) is 26.3 Å². The molecule has 1 rings (SSSR count). The van der Waals surface area contributed by atoms with Crippen LogP contribution in [0.1, 0.15) is 25.8 Å². The maximum absolute atomic E-state index is 11.9. The van der Waals surface area contributed by atoms with Crippen LogP contribution in [0.25, 0.3) is 0 Å². The molecule has 0 saturated carbocycles. The zero-order valence-electron chi connectivity index (χ0n) is 11.3. The Morgan fingerprint density at radius 1 is 1.53 bits per heavy atom. The van der Waals surface area contributed by atoms with E-state index in [1.165, 1.54) is 12.1 Å². The summed E-state index contributed by atoms with van der Waals surface area (Å²) in [6.45, 7) is 5.45. The molecule has 0 heterocycles. The minimum Gasteiger partial charge on any atom is -0.324 e. The molecule has 0 bridgehead atoms. The number of carbonyl (C=O) groups excluding carboxylic acids is 1. The Balaban J connectivity index is 2.92. The van der Waals surface area contributed by atoms with Gasteiger partial charge in [0, 0.05) is 6.07 Å². The fraction of sp³-hybridized carbons (Fsp3) is 0.462. The molecule has 0 radical (unpaired) electrons. The predicted molar refractivity (Wildman–Crippen MR) is 73.9 cm³/mol. The number of rotatable bonds is 5. The molecule has 6 nitrogen and oxygen atoms in total. The summed E-state index contributed by atoms with van der Waals surface area (Å²) in [5.41, 5.74) is 6.66. The maximum Gasteiger partial charge on any atom is 0.274 e. The number of nitrogens with zero attached hydrogens (tertiary/aromatic N) is 1. The summed E-state index contributed by atoms with van der Waals surface area (Å²) < 4.78 is 0. The smallest absolute Gasteiger partial charge is 0.274 e. The Bertz CT molecular complexity index is 488. The molecule has 0 aromatic heterocycles. The molecule has 1 aromatic carbocycles. The molecule has 0 aliphatic rings. The molecule has 0 saturated heterocycles. The summed E-state index contributed by atoms with van der Waals surface area (Å²) in [6.07, 6.45) is 0.794. The number of anilines is 1. The van der Waals surface area contributed by atoms with Gasteiger partial charge in [0.25, 0.3) is 5.69 Å². The highest BCUT2D eigenvalue weighted by Gasteiger charge is 2.21. The molecule has 3 N–H and O–H groups in total. The zero-order valence-corrected chi connectivity index (χ0v) is 11.3. The zero-order chi connectivity index (χ0) is 14.6. The summed E-state index contributed by atoms with van der Waals surface area (Å²) in [7, 11) is 0. The number of nitro groups is 1. The minimum atomic E-state index is -0.622. The van der Waals surface area contributed by atoms with E-state index in [0.717, 1.165) is 6.42 Å². The summed E-state index contributed by atoms with van der Waals surface area (Å²) in [6, 6.07) is 3.95. The third-order valence-electron chi connectivity index (χ3n) is 3.32. The molecule has 0 spiro atoms. The summed E-state index contributed by atoms with van der Waals surface area (Å²) in [5.74, 6) is -0.267. The summed E-state index contributed by atoms with van der Waals surface area (Å²) in [5, 5.41) is 13.5. The van der Waals surface area contributed by atoms with Crippen molar-refractivity contribution in [2.24, 2.45) is 11.7 Å². The first-order valence-corrected chi connectivity index (χ1v) is 6.18.